The van der Waals surface area contributed by atoms with Gasteiger partial charge in [0.15, 0.2) is 0 Å². The summed E-state index contributed by atoms with van der Waals surface area (Å²) in [5, 5.41) is 12.0. The molecule has 1 amide bonds. The number of nitrogens with zero attached hydrogens (tertiary/aromatic N) is 1. The predicted molar refractivity (Wildman–Crippen MR) is 76.4 cm³/mol. The molecule has 2 N–H and O–H groups in total. The van der Waals surface area contributed by atoms with Crippen LogP contribution < -0.4 is 5.32 Å². The van der Waals surface area contributed by atoms with E-state index in [1.807, 2.05) is 0 Å². The number of carboxylic acid groups (broad SMARTS) is 1. The van der Waals surface area contributed by atoms with Gasteiger partial charge in [-0.25, -0.2) is 0 Å². The van der Waals surface area contributed by atoms with Crippen LogP contribution >= 0.6 is 0 Å². The number of aliphatic carboxylic acids is 1. The molecule has 0 radical (unpaired) electrons. The molecule has 2 aliphatic rings. The Morgan fingerprint density at radius 2 is 1.75 bits per heavy atom. The molecule has 2 fully saturated rings. The van der Waals surface area contributed by atoms with Crippen molar-refractivity contribution >= 4 is 11.9 Å². The minimum atomic E-state index is -0.823. The van der Waals surface area contributed by atoms with E-state index in [9.17, 15) is 9.59 Å². The molecule has 1 saturated heterocycles. The minimum absolute atomic E-state index is 0.0615. The van der Waals surface area contributed by atoms with Gasteiger partial charge in [0.2, 0.25) is 5.91 Å². The topological polar surface area (TPSA) is 69.6 Å². The Morgan fingerprint density at radius 1 is 1.05 bits per heavy atom. The van der Waals surface area contributed by atoms with Crippen LogP contribution in [-0.2, 0) is 9.59 Å². The summed E-state index contributed by atoms with van der Waals surface area (Å²) in [6, 6.07) is 0. The molecule has 1 heterocycles. The molecular weight excluding hydrogens is 256 g/mol. The Labute approximate surface area is 120 Å². The van der Waals surface area contributed by atoms with Crippen LogP contribution in [0.2, 0.25) is 0 Å². The second kappa shape index (κ2) is 7.62. The molecule has 114 valence electrons. The third-order valence-electron chi connectivity index (χ3n) is 4.57. The SMILES string of the molecule is O=C(O)[C@H]1CCC[C@H]1C(=O)NCCCN1CCCCC1. The third-order valence-corrected chi connectivity index (χ3v) is 4.57. The molecule has 0 unspecified atom stereocenters. The molecule has 0 spiro atoms. The maximum absolute atomic E-state index is 12.0. The molecule has 0 aromatic rings. The summed E-state index contributed by atoms with van der Waals surface area (Å²) < 4.78 is 0. The van der Waals surface area contributed by atoms with Crippen molar-refractivity contribution in [2.75, 3.05) is 26.2 Å². The Bertz CT molecular complexity index is 340. The molecule has 5 heteroatoms. The van der Waals surface area contributed by atoms with Crippen molar-refractivity contribution in [2.45, 2.75) is 44.9 Å². The van der Waals surface area contributed by atoms with Gasteiger partial charge < -0.3 is 15.3 Å². The van der Waals surface area contributed by atoms with Gasteiger partial charge in [0.05, 0.1) is 11.8 Å². The lowest BCUT2D eigenvalue weighted by Crippen LogP contribution is -2.37. The smallest absolute Gasteiger partial charge is 0.307 e. The number of carbonyl (C=O) groups excluding carboxylic acids is 1. The number of hydrogen-bond acceptors (Lipinski definition) is 3. The molecule has 1 aliphatic heterocycles. The van der Waals surface area contributed by atoms with Gasteiger partial charge in [0, 0.05) is 6.54 Å². The van der Waals surface area contributed by atoms with Gasteiger partial charge in [-0.2, -0.15) is 0 Å². The standard InChI is InChI=1S/C15H26N2O3/c18-14(12-6-4-7-13(12)15(19)20)16-8-5-11-17-9-2-1-3-10-17/h12-13H,1-11H2,(H,16,18)(H,19,20)/t12-,13+/m1/s1. The first kappa shape index (κ1) is 15.3. The minimum Gasteiger partial charge on any atom is -0.481 e. The van der Waals surface area contributed by atoms with Crippen LogP contribution in [0.1, 0.15) is 44.9 Å². The van der Waals surface area contributed by atoms with E-state index >= 15 is 0 Å². The van der Waals surface area contributed by atoms with Crippen LogP contribution in [0, 0.1) is 11.8 Å². The highest BCUT2D eigenvalue weighted by Gasteiger charge is 2.37. The van der Waals surface area contributed by atoms with Crippen molar-refractivity contribution in [3.63, 3.8) is 0 Å². The fraction of sp³-hybridized carbons (Fsp3) is 0.867. The summed E-state index contributed by atoms with van der Waals surface area (Å²) >= 11 is 0. The van der Waals surface area contributed by atoms with Crippen molar-refractivity contribution in [3.8, 4) is 0 Å². The van der Waals surface area contributed by atoms with Crippen LogP contribution in [0.4, 0.5) is 0 Å². The van der Waals surface area contributed by atoms with Crippen molar-refractivity contribution < 1.29 is 14.7 Å². The van der Waals surface area contributed by atoms with Crippen LogP contribution in [0.15, 0.2) is 0 Å². The lowest BCUT2D eigenvalue weighted by molar-refractivity contribution is -0.146. The van der Waals surface area contributed by atoms with Crippen LogP contribution in [0.3, 0.4) is 0 Å². The average Bonchev–Trinajstić information content (AvgIpc) is 2.94. The number of piperidine rings is 1. The largest absolute Gasteiger partial charge is 0.481 e. The number of carbonyl (C=O) groups is 2. The molecule has 20 heavy (non-hydrogen) atoms. The molecule has 2 atom stereocenters. The zero-order valence-corrected chi connectivity index (χ0v) is 12.1. The maximum atomic E-state index is 12.0. The van der Waals surface area contributed by atoms with Gasteiger partial charge >= 0.3 is 5.97 Å². The van der Waals surface area contributed by atoms with Crippen LogP contribution in [-0.4, -0.2) is 48.1 Å². The Morgan fingerprint density at radius 3 is 2.45 bits per heavy atom. The zero-order chi connectivity index (χ0) is 14.4. The summed E-state index contributed by atoms with van der Waals surface area (Å²) in [4.78, 5) is 25.5. The van der Waals surface area contributed by atoms with Crippen molar-refractivity contribution in [3.05, 3.63) is 0 Å². The second-order valence-electron chi connectivity index (χ2n) is 6.03. The van der Waals surface area contributed by atoms with Crippen molar-refractivity contribution in [1.29, 1.82) is 0 Å². The van der Waals surface area contributed by atoms with Gasteiger partial charge in [-0.3, -0.25) is 9.59 Å². The monoisotopic (exact) mass is 282 g/mol. The normalized spacial score (nSPS) is 27.4. The molecule has 5 nitrogen and oxygen atoms in total. The number of hydrogen-bond donors (Lipinski definition) is 2. The summed E-state index contributed by atoms with van der Waals surface area (Å²) in [5.74, 6) is -1.68. The van der Waals surface area contributed by atoms with Crippen molar-refractivity contribution in [2.24, 2.45) is 11.8 Å². The van der Waals surface area contributed by atoms with Crippen molar-refractivity contribution in [1.82, 2.24) is 10.2 Å². The van der Waals surface area contributed by atoms with Gasteiger partial charge in [0.25, 0.3) is 0 Å². The summed E-state index contributed by atoms with van der Waals surface area (Å²) in [6.45, 7) is 4.06. The fourth-order valence-electron chi connectivity index (χ4n) is 3.40. The second-order valence-corrected chi connectivity index (χ2v) is 6.03. The first-order valence-electron chi connectivity index (χ1n) is 7.91. The third kappa shape index (κ3) is 4.20. The summed E-state index contributed by atoms with van der Waals surface area (Å²) in [7, 11) is 0. The van der Waals surface area contributed by atoms with Gasteiger partial charge in [0.1, 0.15) is 0 Å². The van der Waals surface area contributed by atoms with E-state index in [2.05, 4.69) is 10.2 Å². The quantitative estimate of drug-likeness (QED) is 0.724. The van der Waals surface area contributed by atoms with Gasteiger partial charge in [-0.1, -0.05) is 12.8 Å². The number of rotatable bonds is 6. The molecule has 0 bridgehead atoms. The van der Waals surface area contributed by atoms with Gasteiger partial charge in [-0.15, -0.1) is 0 Å². The first-order chi connectivity index (χ1) is 9.68. The van der Waals surface area contributed by atoms with E-state index < -0.39 is 11.9 Å². The Balaban J connectivity index is 1.63. The Hall–Kier alpha value is -1.10. The fourth-order valence-corrected chi connectivity index (χ4v) is 3.40. The number of amides is 1. The van der Waals surface area contributed by atoms with E-state index in [0.29, 0.717) is 13.0 Å². The zero-order valence-electron chi connectivity index (χ0n) is 12.1. The molecular formula is C15H26N2O3. The molecule has 1 aliphatic carbocycles. The highest BCUT2D eigenvalue weighted by molar-refractivity contribution is 5.85. The molecule has 2 rings (SSSR count). The molecule has 0 aromatic heterocycles. The first-order valence-corrected chi connectivity index (χ1v) is 7.91. The van der Waals surface area contributed by atoms with Crippen LogP contribution in [0.25, 0.3) is 0 Å². The number of nitrogens with one attached hydrogen (secondary N) is 1. The number of carboxylic acids is 1. The highest BCUT2D eigenvalue weighted by atomic mass is 16.4. The highest BCUT2D eigenvalue weighted by Crippen LogP contribution is 2.31. The summed E-state index contributed by atoms with van der Waals surface area (Å²) in [6.07, 6.45) is 7.07. The van der Waals surface area contributed by atoms with E-state index in [0.717, 1.165) is 25.8 Å². The van der Waals surface area contributed by atoms with Crippen LogP contribution in [0.5, 0.6) is 0 Å². The van der Waals surface area contributed by atoms with E-state index in [-0.39, 0.29) is 11.8 Å². The lowest BCUT2D eigenvalue weighted by Gasteiger charge is -2.26. The summed E-state index contributed by atoms with van der Waals surface area (Å²) in [5.41, 5.74) is 0. The maximum Gasteiger partial charge on any atom is 0.307 e. The van der Waals surface area contributed by atoms with E-state index in [1.54, 1.807) is 0 Å². The van der Waals surface area contributed by atoms with Gasteiger partial charge in [-0.05, 0) is 51.7 Å². The van der Waals surface area contributed by atoms with E-state index in [4.69, 9.17) is 5.11 Å². The molecule has 0 aromatic carbocycles. The predicted octanol–water partition coefficient (Wildman–Crippen LogP) is 1.48. The molecule has 1 saturated carbocycles. The lowest BCUT2D eigenvalue weighted by atomic mass is 9.95. The average molecular weight is 282 g/mol. The van der Waals surface area contributed by atoms with E-state index in [1.165, 1.54) is 32.4 Å². The number of likely N-dealkylation sites (tertiary alicyclic amines) is 1. The Kier molecular flexibility index (Phi) is 5.83.